The number of ether oxygens (including phenoxy) is 4. The van der Waals surface area contributed by atoms with Gasteiger partial charge in [0.25, 0.3) is 0 Å². The van der Waals surface area contributed by atoms with E-state index >= 15 is 0 Å². The lowest BCUT2D eigenvalue weighted by atomic mass is 9.85. The van der Waals surface area contributed by atoms with E-state index in [4.69, 9.17) is 42.1 Å². The molecule has 222 valence electrons. The van der Waals surface area contributed by atoms with Gasteiger partial charge in [0.1, 0.15) is 11.5 Å². The first-order chi connectivity index (χ1) is 21.3. The van der Waals surface area contributed by atoms with E-state index in [1.165, 1.54) is 0 Å². The maximum absolute atomic E-state index is 6.74. The highest BCUT2D eigenvalue weighted by molar-refractivity contribution is 6.34. The number of rotatable bonds is 7. The van der Waals surface area contributed by atoms with Crippen LogP contribution in [0.15, 0.2) is 84.9 Å². The van der Waals surface area contributed by atoms with Crippen molar-refractivity contribution in [3.8, 4) is 22.6 Å². The van der Waals surface area contributed by atoms with E-state index in [1.807, 2.05) is 12.1 Å². The average Bonchev–Trinajstić information content (AvgIpc) is 3.00. The predicted octanol–water partition coefficient (Wildman–Crippen LogP) is 10.1. The summed E-state index contributed by atoms with van der Waals surface area (Å²) < 4.78 is 24.4. The van der Waals surface area contributed by atoms with Gasteiger partial charge < -0.3 is 18.9 Å². The molecule has 2 fully saturated rings. The van der Waals surface area contributed by atoms with Crippen LogP contribution in [0.3, 0.4) is 0 Å². The van der Waals surface area contributed by atoms with Crippen molar-refractivity contribution in [3.05, 3.63) is 95.0 Å². The molecule has 2 aliphatic heterocycles. The van der Waals surface area contributed by atoms with Crippen molar-refractivity contribution >= 4 is 66.3 Å². The summed E-state index contributed by atoms with van der Waals surface area (Å²) in [5.74, 6) is 1.73. The van der Waals surface area contributed by atoms with Crippen LogP contribution in [0, 0.1) is 10.8 Å². The van der Waals surface area contributed by atoms with Gasteiger partial charge in [-0.3, -0.25) is 0 Å². The average molecular weight is 624 g/mol. The van der Waals surface area contributed by atoms with E-state index in [0.717, 1.165) is 65.7 Å². The molecule has 0 spiro atoms. The monoisotopic (exact) mass is 622 g/mol. The fourth-order valence-electron chi connectivity index (χ4n) is 6.63. The second-order valence-corrected chi connectivity index (χ2v) is 13.9. The summed E-state index contributed by atoms with van der Waals surface area (Å²) in [5, 5.41) is 9.72. The lowest BCUT2D eigenvalue weighted by Gasteiger charge is -2.38. The van der Waals surface area contributed by atoms with E-state index in [0.29, 0.717) is 49.7 Å². The van der Waals surface area contributed by atoms with Gasteiger partial charge in [0.2, 0.25) is 0 Å². The van der Waals surface area contributed by atoms with Crippen LogP contribution in [0.25, 0.3) is 54.2 Å². The Balaban J connectivity index is 1.45. The quantitative estimate of drug-likeness (QED) is 0.166. The molecule has 0 atom stereocenters. The first-order valence-corrected chi connectivity index (χ1v) is 15.8. The van der Waals surface area contributed by atoms with Crippen molar-refractivity contribution < 1.29 is 18.9 Å². The highest BCUT2D eigenvalue weighted by Gasteiger charge is 2.36. The van der Waals surface area contributed by atoms with Crippen molar-refractivity contribution in [1.29, 1.82) is 0 Å². The minimum Gasteiger partial charge on any atom is -0.492 e. The first-order valence-electron chi connectivity index (χ1n) is 15.0. The maximum Gasteiger partial charge on any atom is 0.135 e. The molecule has 2 heterocycles. The third-order valence-corrected chi connectivity index (χ3v) is 9.53. The Morgan fingerprint density at radius 1 is 0.523 bits per heavy atom. The molecule has 0 aromatic heterocycles. The zero-order valence-electron chi connectivity index (χ0n) is 24.7. The van der Waals surface area contributed by atoms with E-state index in [1.54, 1.807) is 0 Å². The molecule has 0 amide bonds. The third kappa shape index (κ3) is 4.59. The van der Waals surface area contributed by atoms with E-state index in [2.05, 4.69) is 86.6 Å². The topological polar surface area (TPSA) is 36.9 Å². The number of hydrogen-bond acceptors (Lipinski definition) is 4. The lowest BCUT2D eigenvalue weighted by molar-refractivity contribution is -0.120. The molecule has 6 aromatic carbocycles. The van der Waals surface area contributed by atoms with Gasteiger partial charge in [0.15, 0.2) is 0 Å². The minimum absolute atomic E-state index is 0.000182. The standard InChI is InChI=1S/C38H32Cl2O4/c1-37(17-41-18-37)21-43-35-27-9-5-3-7-25(27)33(31-15-23(39)11-13-29(31)35)34-26-8-4-6-10-28(26)36(44-22-38(2)19-42-20-38)30-14-12-24(40)16-32(30)34/h3-16H,17-22H2,1-2H3. The summed E-state index contributed by atoms with van der Waals surface area (Å²) in [6.07, 6.45) is 0. The first kappa shape index (κ1) is 28.0. The largest absolute Gasteiger partial charge is 0.492 e. The highest BCUT2D eigenvalue weighted by Crippen LogP contribution is 2.51. The molecule has 4 nitrogen and oxygen atoms in total. The fraction of sp³-hybridized carbons (Fsp3) is 0.263. The van der Waals surface area contributed by atoms with Crippen molar-refractivity contribution in [3.63, 3.8) is 0 Å². The molecular formula is C38H32Cl2O4. The molecule has 2 saturated heterocycles. The zero-order chi connectivity index (χ0) is 30.1. The van der Waals surface area contributed by atoms with E-state index < -0.39 is 0 Å². The molecule has 0 radical (unpaired) electrons. The van der Waals surface area contributed by atoms with E-state index in [9.17, 15) is 0 Å². The summed E-state index contributed by atoms with van der Waals surface area (Å²) >= 11 is 13.5. The van der Waals surface area contributed by atoms with Crippen LogP contribution in [0.5, 0.6) is 11.5 Å². The van der Waals surface area contributed by atoms with Crippen molar-refractivity contribution in [2.24, 2.45) is 10.8 Å². The van der Waals surface area contributed by atoms with Gasteiger partial charge in [-0.05, 0) is 69.1 Å². The SMILES string of the molecule is CC1(COc2c3ccccc3c(-c3c4ccccc4c(OCC4(C)COC4)c4ccc(Cl)cc34)c3cc(Cl)ccc23)COC1. The number of fused-ring (bicyclic) bond motifs is 4. The minimum atomic E-state index is 0.000182. The molecule has 0 saturated carbocycles. The summed E-state index contributed by atoms with van der Waals surface area (Å²) in [6, 6.07) is 29.2. The van der Waals surface area contributed by atoms with Gasteiger partial charge in [-0.2, -0.15) is 0 Å². The molecule has 0 aliphatic carbocycles. The van der Waals surface area contributed by atoms with Crippen LogP contribution in [0.2, 0.25) is 10.0 Å². The maximum atomic E-state index is 6.74. The molecule has 0 unspecified atom stereocenters. The van der Waals surface area contributed by atoms with Crippen molar-refractivity contribution in [1.82, 2.24) is 0 Å². The fourth-order valence-corrected chi connectivity index (χ4v) is 6.98. The van der Waals surface area contributed by atoms with Gasteiger partial charge in [-0.25, -0.2) is 0 Å². The van der Waals surface area contributed by atoms with Gasteiger partial charge >= 0.3 is 0 Å². The molecule has 6 aromatic rings. The number of benzene rings is 6. The Hall–Kier alpha value is -3.54. The van der Waals surface area contributed by atoms with Crippen LogP contribution in [0.4, 0.5) is 0 Å². The summed E-state index contributed by atoms with van der Waals surface area (Å²) in [4.78, 5) is 0. The molecule has 8 rings (SSSR count). The molecule has 6 heteroatoms. The predicted molar refractivity (Wildman–Crippen MR) is 181 cm³/mol. The van der Waals surface area contributed by atoms with Crippen LogP contribution >= 0.6 is 23.2 Å². The van der Waals surface area contributed by atoms with Crippen LogP contribution < -0.4 is 9.47 Å². The van der Waals surface area contributed by atoms with Gasteiger partial charge in [0.05, 0.1) is 39.6 Å². The van der Waals surface area contributed by atoms with Crippen LogP contribution in [-0.2, 0) is 9.47 Å². The van der Waals surface area contributed by atoms with E-state index in [-0.39, 0.29) is 10.8 Å². The van der Waals surface area contributed by atoms with Gasteiger partial charge in [-0.15, -0.1) is 0 Å². The summed E-state index contributed by atoms with van der Waals surface area (Å²) in [5.41, 5.74) is 2.19. The Morgan fingerprint density at radius 2 is 0.886 bits per heavy atom. The molecular weight excluding hydrogens is 591 g/mol. The molecule has 2 aliphatic rings. The van der Waals surface area contributed by atoms with Crippen LogP contribution in [-0.4, -0.2) is 39.6 Å². The van der Waals surface area contributed by atoms with Crippen molar-refractivity contribution in [2.75, 3.05) is 39.6 Å². The third-order valence-electron chi connectivity index (χ3n) is 9.06. The Bertz CT molecular complexity index is 1940. The normalized spacial score (nSPS) is 17.1. The molecule has 0 N–H and O–H groups in total. The second-order valence-electron chi connectivity index (χ2n) is 13.1. The lowest BCUT2D eigenvalue weighted by Crippen LogP contribution is -2.44. The number of halogens is 2. The number of hydrogen-bond donors (Lipinski definition) is 0. The smallest absolute Gasteiger partial charge is 0.135 e. The highest BCUT2D eigenvalue weighted by atomic mass is 35.5. The second kappa shape index (κ2) is 10.5. The van der Waals surface area contributed by atoms with Gasteiger partial charge in [-0.1, -0.05) is 85.6 Å². The Kier molecular flexibility index (Phi) is 6.69. The zero-order valence-corrected chi connectivity index (χ0v) is 26.2. The Morgan fingerprint density at radius 3 is 1.25 bits per heavy atom. The molecule has 44 heavy (non-hydrogen) atoms. The summed E-state index contributed by atoms with van der Waals surface area (Å²) in [7, 11) is 0. The van der Waals surface area contributed by atoms with Crippen molar-refractivity contribution in [2.45, 2.75) is 13.8 Å². The molecule has 0 bridgehead atoms. The summed E-state index contributed by atoms with van der Waals surface area (Å²) in [6.45, 7) is 8.36. The van der Waals surface area contributed by atoms with Crippen LogP contribution in [0.1, 0.15) is 13.8 Å². The van der Waals surface area contributed by atoms with Gasteiger partial charge in [0, 0.05) is 42.4 Å². The Labute approximate surface area is 266 Å².